The second-order valence-corrected chi connectivity index (χ2v) is 8.90. The van der Waals surface area contributed by atoms with Crippen molar-refractivity contribution in [2.45, 2.75) is 45.0 Å². The maximum Gasteiger partial charge on any atom is 0.252 e. The van der Waals surface area contributed by atoms with Crippen LogP contribution in [-0.4, -0.2) is 31.0 Å². The van der Waals surface area contributed by atoms with E-state index in [1.807, 2.05) is 36.4 Å². The third-order valence-corrected chi connectivity index (χ3v) is 5.46. The lowest BCUT2D eigenvalue weighted by atomic mass is 9.98. The SMILES string of the molecule is CC1(C)OC[C@H](CCCOc2cc(F)cc(Cc3ccc(I)cc3F)c2C(N)=O)O1. The van der Waals surface area contributed by atoms with E-state index in [2.05, 4.69) is 0 Å². The Balaban J connectivity index is 1.72. The molecule has 0 aliphatic carbocycles. The van der Waals surface area contributed by atoms with E-state index in [0.717, 1.165) is 9.64 Å². The first-order valence-electron chi connectivity index (χ1n) is 9.65. The molecule has 0 aromatic heterocycles. The normalized spacial score (nSPS) is 17.8. The van der Waals surface area contributed by atoms with E-state index < -0.39 is 23.3 Å². The molecular formula is C22H24F2INO4. The van der Waals surface area contributed by atoms with E-state index in [9.17, 15) is 13.6 Å². The van der Waals surface area contributed by atoms with Gasteiger partial charge in [0.05, 0.1) is 24.9 Å². The first kappa shape index (κ1) is 22.9. The summed E-state index contributed by atoms with van der Waals surface area (Å²) in [6.45, 7) is 4.47. The second kappa shape index (κ2) is 9.57. The Morgan fingerprint density at radius 3 is 2.67 bits per heavy atom. The summed E-state index contributed by atoms with van der Waals surface area (Å²) in [5.41, 5.74) is 6.23. The lowest BCUT2D eigenvalue weighted by Gasteiger charge is -2.17. The summed E-state index contributed by atoms with van der Waals surface area (Å²) < 4.78 is 46.2. The largest absolute Gasteiger partial charge is 0.493 e. The lowest BCUT2D eigenvalue weighted by Crippen LogP contribution is -2.21. The molecule has 30 heavy (non-hydrogen) atoms. The maximum atomic E-state index is 14.3. The fourth-order valence-electron chi connectivity index (χ4n) is 3.44. The summed E-state index contributed by atoms with van der Waals surface area (Å²) in [6.07, 6.45) is 1.31. The molecule has 1 aliphatic rings. The molecule has 0 unspecified atom stereocenters. The molecule has 1 amide bonds. The van der Waals surface area contributed by atoms with Gasteiger partial charge in [0, 0.05) is 16.1 Å². The number of primary amides is 1. The molecule has 1 saturated heterocycles. The Morgan fingerprint density at radius 2 is 2.03 bits per heavy atom. The molecule has 1 heterocycles. The van der Waals surface area contributed by atoms with E-state index in [-0.39, 0.29) is 36.0 Å². The monoisotopic (exact) mass is 531 g/mol. The molecule has 3 rings (SSSR count). The van der Waals surface area contributed by atoms with Crippen molar-refractivity contribution >= 4 is 28.5 Å². The maximum absolute atomic E-state index is 14.3. The average molecular weight is 531 g/mol. The molecule has 2 N–H and O–H groups in total. The molecule has 0 radical (unpaired) electrons. The van der Waals surface area contributed by atoms with Crippen LogP contribution < -0.4 is 10.5 Å². The van der Waals surface area contributed by atoms with E-state index >= 15 is 0 Å². The van der Waals surface area contributed by atoms with E-state index in [1.165, 1.54) is 12.1 Å². The van der Waals surface area contributed by atoms with Crippen LogP contribution in [-0.2, 0) is 15.9 Å². The number of nitrogens with two attached hydrogens (primary N) is 1. The quantitative estimate of drug-likeness (QED) is 0.401. The fraction of sp³-hybridized carbons (Fsp3) is 0.409. The van der Waals surface area contributed by atoms with Crippen LogP contribution in [0.5, 0.6) is 5.75 Å². The predicted octanol–water partition coefficient (Wildman–Crippen LogP) is 4.57. The van der Waals surface area contributed by atoms with Crippen LogP contribution in [0.2, 0.25) is 0 Å². The summed E-state index contributed by atoms with van der Waals surface area (Å²) in [6, 6.07) is 7.06. The van der Waals surface area contributed by atoms with Gasteiger partial charge in [0.1, 0.15) is 17.4 Å². The Kier molecular flexibility index (Phi) is 7.30. The Bertz CT molecular complexity index is 936. The number of carbonyl (C=O) groups excluding carboxylic acids is 1. The molecule has 0 saturated carbocycles. The molecule has 162 valence electrons. The molecular weight excluding hydrogens is 507 g/mol. The molecule has 0 spiro atoms. The fourth-order valence-corrected chi connectivity index (χ4v) is 3.89. The predicted molar refractivity (Wildman–Crippen MR) is 116 cm³/mol. The number of benzene rings is 2. The highest BCUT2D eigenvalue weighted by Gasteiger charge is 2.32. The van der Waals surface area contributed by atoms with Crippen LogP contribution in [0.15, 0.2) is 30.3 Å². The van der Waals surface area contributed by atoms with Crippen molar-refractivity contribution in [3.63, 3.8) is 0 Å². The van der Waals surface area contributed by atoms with Crippen molar-refractivity contribution in [2.75, 3.05) is 13.2 Å². The van der Waals surface area contributed by atoms with Crippen molar-refractivity contribution in [2.24, 2.45) is 5.73 Å². The highest BCUT2D eigenvalue weighted by atomic mass is 127. The van der Waals surface area contributed by atoms with Crippen LogP contribution >= 0.6 is 22.6 Å². The van der Waals surface area contributed by atoms with Crippen LogP contribution in [0.25, 0.3) is 0 Å². The van der Waals surface area contributed by atoms with Crippen LogP contribution in [0.4, 0.5) is 8.78 Å². The Morgan fingerprint density at radius 1 is 1.27 bits per heavy atom. The highest BCUT2D eigenvalue weighted by Crippen LogP contribution is 2.28. The minimum Gasteiger partial charge on any atom is -0.493 e. The van der Waals surface area contributed by atoms with E-state index in [1.54, 1.807) is 12.1 Å². The van der Waals surface area contributed by atoms with Gasteiger partial charge in [0.15, 0.2) is 5.79 Å². The van der Waals surface area contributed by atoms with Crippen molar-refractivity contribution in [1.82, 2.24) is 0 Å². The van der Waals surface area contributed by atoms with Gasteiger partial charge in [-0.3, -0.25) is 4.79 Å². The summed E-state index contributed by atoms with van der Waals surface area (Å²) in [5, 5.41) is 0. The molecule has 1 aliphatic heterocycles. The third kappa shape index (κ3) is 5.89. The number of hydrogen-bond donors (Lipinski definition) is 1. The smallest absolute Gasteiger partial charge is 0.252 e. The number of halogens is 3. The van der Waals surface area contributed by atoms with Gasteiger partial charge in [-0.15, -0.1) is 0 Å². The van der Waals surface area contributed by atoms with Gasteiger partial charge in [-0.05, 0) is 78.6 Å². The first-order valence-corrected chi connectivity index (χ1v) is 10.7. The number of rotatable bonds is 8. The highest BCUT2D eigenvalue weighted by molar-refractivity contribution is 14.1. The van der Waals surface area contributed by atoms with E-state index in [0.29, 0.717) is 25.0 Å². The molecule has 2 aromatic carbocycles. The molecule has 0 bridgehead atoms. The average Bonchev–Trinajstić information content (AvgIpc) is 2.99. The zero-order valence-electron chi connectivity index (χ0n) is 16.8. The van der Waals surface area contributed by atoms with Gasteiger partial charge in [0.25, 0.3) is 5.91 Å². The van der Waals surface area contributed by atoms with Gasteiger partial charge < -0.3 is 19.9 Å². The van der Waals surface area contributed by atoms with Gasteiger partial charge in [-0.2, -0.15) is 0 Å². The minimum absolute atomic E-state index is 0.0253. The van der Waals surface area contributed by atoms with Crippen molar-refractivity contribution < 1.29 is 27.8 Å². The topological polar surface area (TPSA) is 70.8 Å². The molecule has 2 aromatic rings. The van der Waals surface area contributed by atoms with Gasteiger partial charge in [0.2, 0.25) is 0 Å². The molecule has 1 atom stereocenters. The lowest BCUT2D eigenvalue weighted by molar-refractivity contribution is -0.139. The minimum atomic E-state index is -0.750. The van der Waals surface area contributed by atoms with E-state index in [4.69, 9.17) is 19.9 Å². The second-order valence-electron chi connectivity index (χ2n) is 7.66. The summed E-state index contributed by atoms with van der Waals surface area (Å²) in [5.74, 6) is -2.28. The van der Waals surface area contributed by atoms with Crippen LogP contribution in [0.1, 0.15) is 48.2 Å². The van der Waals surface area contributed by atoms with Crippen LogP contribution in [0, 0.1) is 15.2 Å². The standard InChI is InChI=1S/C22H24F2INO4/c1-22(2)29-12-17(30-22)4-3-7-28-19-10-15(23)9-14(20(19)21(26)27)8-13-5-6-16(25)11-18(13)24/h5-6,9-11,17H,3-4,7-8,12H2,1-2H3,(H2,26,27)/t17-/m0/s1. The van der Waals surface area contributed by atoms with Crippen molar-refractivity contribution in [1.29, 1.82) is 0 Å². The molecule has 1 fully saturated rings. The van der Waals surface area contributed by atoms with Crippen LogP contribution in [0.3, 0.4) is 0 Å². The third-order valence-electron chi connectivity index (χ3n) is 4.79. The number of hydrogen-bond acceptors (Lipinski definition) is 4. The molecule has 5 nitrogen and oxygen atoms in total. The summed E-state index contributed by atoms with van der Waals surface area (Å²) in [7, 11) is 0. The summed E-state index contributed by atoms with van der Waals surface area (Å²) in [4.78, 5) is 12.1. The van der Waals surface area contributed by atoms with Crippen molar-refractivity contribution in [3.05, 3.63) is 62.2 Å². The number of carbonyl (C=O) groups is 1. The van der Waals surface area contributed by atoms with Crippen molar-refractivity contribution in [3.8, 4) is 5.75 Å². The first-order chi connectivity index (χ1) is 14.1. The molecule has 8 heteroatoms. The Labute approximate surface area is 188 Å². The zero-order valence-corrected chi connectivity index (χ0v) is 19.0. The number of amides is 1. The van der Waals surface area contributed by atoms with Gasteiger partial charge in [-0.25, -0.2) is 8.78 Å². The summed E-state index contributed by atoms with van der Waals surface area (Å²) >= 11 is 2.00. The zero-order chi connectivity index (χ0) is 21.9. The number of ether oxygens (including phenoxy) is 3. The Hall–Kier alpha value is -1.78. The van der Waals surface area contributed by atoms with Gasteiger partial charge in [-0.1, -0.05) is 6.07 Å². The van der Waals surface area contributed by atoms with Gasteiger partial charge >= 0.3 is 0 Å².